The number of halogens is 1. The van der Waals surface area contributed by atoms with Crippen molar-refractivity contribution in [3.8, 4) is 5.69 Å². The van der Waals surface area contributed by atoms with Gasteiger partial charge in [0.05, 0.1) is 29.2 Å². The molecule has 0 saturated heterocycles. The van der Waals surface area contributed by atoms with Crippen molar-refractivity contribution >= 4 is 22.6 Å². The highest BCUT2D eigenvalue weighted by molar-refractivity contribution is 6.30. The van der Waals surface area contributed by atoms with Gasteiger partial charge in [0, 0.05) is 19.0 Å². The fourth-order valence-electron chi connectivity index (χ4n) is 2.22. The van der Waals surface area contributed by atoms with Crippen molar-refractivity contribution in [2.75, 3.05) is 0 Å². The lowest BCUT2D eigenvalue weighted by Gasteiger charge is -2.03. The van der Waals surface area contributed by atoms with Gasteiger partial charge in [-0.2, -0.15) is 5.10 Å². The molecule has 0 unspecified atom stereocenters. The molecule has 1 fully saturated rings. The van der Waals surface area contributed by atoms with Gasteiger partial charge in [-0.1, -0.05) is 16.8 Å². The molecule has 0 spiro atoms. The Morgan fingerprint density at radius 3 is 3.00 bits per heavy atom. The number of aromatic nitrogens is 6. The lowest BCUT2D eigenvalue weighted by atomic mass is 10.3. The molecule has 3 aromatic rings. The largest absolute Gasteiger partial charge is 0.250 e. The fourth-order valence-corrected chi connectivity index (χ4v) is 2.40. The Morgan fingerprint density at radius 2 is 2.21 bits per heavy atom. The molecular formula is C12H11ClN6. The zero-order valence-electron chi connectivity index (χ0n) is 10.3. The Balaban J connectivity index is 1.92. The summed E-state index contributed by atoms with van der Waals surface area (Å²) in [5, 5.41) is 14.0. The van der Waals surface area contributed by atoms with E-state index in [1.165, 1.54) is 12.8 Å². The first-order chi connectivity index (χ1) is 9.22. The first kappa shape index (κ1) is 10.9. The Kier molecular flexibility index (Phi) is 2.17. The third-order valence-electron chi connectivity index (χ3n) is 3.41. The molecule has 6 nitrogen and oxygen atoms in total. The number of aryl methyl sites for hydroxylation is 1. The molecule has 19 heavy (non-hydrogen) atoms. The second-order valence-electron chi connectivity index (χ2n) is 4.83. The van der Waals surface area contributed by atoms with Gasteiger partial charge < -0.3 is 0 Å². The lowest BCUT2D eigenvalue weighted by molar-refractivity contribution is 0.785. The average Bonchev–Trinajstić information content (AvgIpc) is 3.02. The second kappa shape index (κ2) is 3.77. The molecule has 0 aliphatic heterocycles. The Labute approximate surface area is 114 Å². The van der Waals surface area contributed by atoms with E-state index in [-0.39, 0.29) is 0 Å². The van der Waals surface area contributed by atoms with Crippen LogP contribution >= 0.6 is 11.6 Å². The SMILES string of the molecule is Cn1ncc2c(-n3cc(C4CC4)nn3)cc(Cl)nc21. The van der Waals surface area contributed by atoms with Gasteiger partial charge in [-0.15, -0.1) is 5.10 Å². The van der Waals surface area contributed by atoms with Crippen LogP contribution in [-0.2, 0) is 7.05 Å². The highest BCUT2D eigenvalue weighted by atomic mass is 35.5. The maximum atomic E-state index is 6.07. The topological polar surface area (TPSA) is 61.4 Å². The van der Waals surface area contributed by atoms with Crippen molar-refractivity contribution in [2.45, 2.75) is 18.8 Å². The van der Waals surface area contributed by atoms with E-state index in [9.17, 15) is 0 Å². The summed E-state index contributed by atoms with van der Waals surface area (Å²) in [5.74, 6) is 0.579. The molecule has 96 valence electrons. The summed E-state index contributed by atoms with van der Waals surface area (Å²) in [6.07, 6.45) is 6.15. The molecule has 0 bridgehead atoms. The van der Waals surface area contributed by atoms with E-state index in [0.29, 0.717) is 11.1 Å². The number of hydrogen-bond donors (Lipinski definition) is 0. The van der Waals surface area contributed by atoms with Crippen molar-refractivity contribution in [1.29, 1.82) is 0 Å². The molecule has 7 heteroatoms. The van der Waals surface area contributed by atoms with Crippen LogP contribution in [0.4, 0.5) is 0 Å². The van der Waals surface area contributed by atoms with E-state index in [0.717, 1.165) is 22.4 Å². The summed E-state index contributed by atoms with van der Waals surface area (Å²) in [4.78, 5) is 4.28. The molecule has 0 N–H and O–H groups in total. The molecule has 0 radical (unpaired) electrons. The maximum absolute atomic E-state index is 6.07. The summed E-state index contributed by atoms with van der Waals surface area (Å²) >= 11 is 6.07. The molecule has 3 aromatic heterocycles. The van der Waals surface area contributed by atoms with Crippen molar-refractivity contribution in [3.05, 3.63) is 29.3 Å². The van der Waals surface area contributed by atoms with Crippen LogP contribution in [0, 0.1) is 0 Å². The van der Waals surface area contributed by atoms with Gasteiger partial charge in [0.25, 0.3) is 0 Å². The molecule has 0 atom stereocenters. The van der Waals surface area contributed by atoms with Crippen LogP contribution in [0.5, 0.6) is 0 Å². The van der Waals surface area contributed by atoms with E-state index in [1.54, 1.807) is 21.6 Å². The Bertz CT molecular complexity index is 770. The van der Waals surface area contributed by atoms with Crippen LogP contribution in [0.3, 0.4) is 0 Å². The van der Waals surface area contributed by atoms with E-state index in [1.807, 2.05) is 13.2 Å². The van der Waals surface area contributed by atoms with Gasteiger partial charge in [0.2, 0.25) is 0 Å². The standard InChI is InChI=1S/C12H11ClN6/c1-18-12-8(5-14-18)10(4-11(13)15-12)19-6-9(16-17-19)7-2-3-7/h4-7H,2-3H2,1H3. The van der Waals surface area contributed by atoms with Crippen molar-refractivity contribution in [3.63, 3.8) is 0 Å². The van der Waals surface area contributed by atoms with E-state index in [2.05, 4.69) is 20.4 Å². The van der Waals surface area contributed by atoms with Crippen molar-refractivity contribution in [2.24, 2.45) is 7.05 Å². The predicted octanol–water partition coefficient (Wildman–Crippen LogP) is 2.08. The van der Waals surface area contributed by atoms with Crippen LogP contribution in [0.15, 0.2) is 18.5 Å². The minimum absolute atomic E-state index is 0.426. The number of hydrogen-bond acceptors (Lipinski definition) is 4. The summed E-state index contributed by atoms with van der Waals surface area (Å²) in [6, 6.07) is 1.79. The first-order valence-electron chi connectivity index (χ1n) is 6.13. The molecule has 1 aliphatic rings. The van der Waals surface area contributed by atoms with E-state index in [4.69, 9.17) is 11.6 Å². The zero-order valence-corrected chi connectivity index (χ0v) is 11.0. The molecule has 1 saturated carbocycles. The summed E-state index contributed by atoms with van der Waals surface area (Å²) in [7, 11) is 1.84. The Hall–Kier alpha value is -1.95. The average molecular weight is 275 g/mol. The van der Waals surface area contributed by atoms with Gasteiger partial charge in [-0.05, 0) is 12.8 Å². The minimum Gasteiger partial charge on any atom is -0.250 e. The molecule has 1 aliphatic carbocycles. The number of fused-ring (bicyclic) bond motifs is 1. The zero-order chi connectivity index (χ0) is 13.0. The fraction of sp³-hybridized carbons (Fsp3) is 0.333. The highest BCUT2D eigenvalue weighted by Gasteiger charge is 2.27. The van der Waals surface area contributed by atoms with Crippen LogP contribution < -0.4 is 0 Å². The van der Waals surface area contributed by atoms with Crippen LogP contribution in [0.1, 0.15) is 24.5 Å². The maximum Gasteiger partial charge on any atom is 0.161 e. The monoisotopic (exact) mass is 274 g/mol. The predicted molar refractivity (Wildman–Crippen MR) is 70.4 cm³/mol. The van der Waals surface area contributed by atoms with Crippen molar-refractivity contribution < 1.29 is 0 Å². The van der Waals surface area contributed by atoms with Gasteiger partial charge in [-0.3, -0.25) is 4.68 Å². The lowest BCUT2D eigenvalue weighted by Crippen LogP contribution is -1.98. The molecule has 0 aromatic carbocycles. The van der Waals surface area contributed by atoms with Gasteiger partial charge in [-0.25, -0.2) is 9.67 Å². The molecular weight excluding hydrogens is 264 g/mol. The van der Waals surface area contributed by atoms with E-state index >= 15 is 0 Å². The summed E-state index contributed by atoms with van der Waals surface area (Å²) < 4.78 is 3.45. The quantitative estimate of drug-likeness (QED) is 0.671. The first-order valence-corrected chi connectivity index (χ1v) is 6.51. The Morgan fingerprint density at radius 1 is 1.37 bits per heavy atom. The van der Waals surface area contributed by atoms with Gasteiger partial charge >= 0.3 is 0 Å². The van der Waals surface area contributed by atoms with Gasteiger partial charge in [0.1, 0.15) is 5.15 Å². The van der Waals surface area contributed by atoms with Crippen LogP contribution in [0.2, 0.25) is 5.15 Å². The smallest absolute Gasteiger partial charge is 0.161 e. The number of nitrogens with zero attached hydrogens (tertiary/aromatic N) is 6. The molecule has 3 heterocycles. The highest BCUT2D eigenvalue weighted by Crippen LogP contribution is 2.39. The summed E-state index contributed by atoms with van der Waals surface area (Å²) in [6.45, 7) is 0. The minimum atomic E-state index is 0.426. The second-order valence-corrected chi connectivity index (χ2v) is 5.22. The number of pyridine rings is 1. The third kappa shape index (κ3) is 1.71. The summed E-state index contributed by atoms with van der Waals surface area (Å²) in [5.41, 5.74) is 2.65. The molecule has 4 rings (SSSR count). The van der Waals surface area contributed by atoms with Crippen molar-refractivity contribution in [1.82, 2.24) is 29.8 Å². The van der Waals surface area contributed by atoms with Crippen LogP contribution in [0.25, 0.3) is 16.7 Å². The third-order valence-corrected chi connectivity index (χ3v) is 3.60. The van der Waals surface area contributed by atoms with Crippen LogP contribution in [-0.4, -0.2) is 29.8 Å². The van der Waals surface area contributed by atoms with Gasteiger partial charge in [0.15, 0.2) is 5.65 Å². The normalized spacial score (nSPS) is 15.3. The molecule has 0 amide bonds. The van der Waals surface area contributed by atoms with E-state index < -0.39 is 0 Å². The number of rotatable bonds is 2.